The molecule has 0 radical (unpaired) electrons. The number of carbonyl (C=O) groups is 1. The van der Waals surface area contributed by atoms with Crippen molar-refractivity contribution >= 4 is 23.5 Å². The maximum atomic E-state index is 11.7. The van der Waals surface area contributed by atoms with Gasteiger partial charge in [-0.05, 0) is 38.3 Å². The Bertz CT molecular complexity index is 746. The molecule has 2 N–H and O–H groups in total. The first-order valence-electron chi connectivity index (χ1n) is 8.86. The third-order valence-electron chi connectivity index (χ3n) is 4.32. The Balaban J connectivity index is 1.56. The van der Waals surface area contributed by atoms with Gasteiger partial charge in [0.2, 0.25) is 5.95 Å². The van der Waals surface area contributed by atoms with Crippen molar-refractivity contribution in [1.82, 2.24) is 20.1 Å². The number of ether oxygens (including phenoxy) is 1. The predicted molar refractivity (Wildman–Crippen MR) is 99.5 cm³/mol. The molecule has 138 valence electrons. The molecule has 1 aliphatic heterocycles. The highest BCUT2D eigenvalue weighted by atomic mass is 16.6. The molecule has 1 aliphatic rings. The van der Waals surface area contributed by atoms with E-state index < -0.39 is 0 Å². The van der Waals surface area contributed by atoms with Gasteiger partial charge in [-0.25, -0.2) is 4.79 Å². The minimum Gasteiger partial charge on any atom is -0.450 e. The summed E-state index contributed by atoms with van der Waals surface area (Å²) < 4.78 is 5.04. The van der Waals surface area contributed by atoms with Crippen molar-refractivity contribution in [1.29, 1.82) is 0 Å². The maximum absolute atomic E-state index is 11.7. The second-order valence-corrected chi connectivity index (χ2v) is 6.21. The molecule has 0 unspecified atom stereocenters. The van der Waals surface area contributed by atoms with Crippen LogP contribution in [0.15, 0.2) is 30.5 Å². The third kappa shape index (κ3) is 4.59. The Kier molecular flexibility index (Phi) is 5.83. The smallest absolute Gasteiger partial charge is 0.409 e. The molecule has 1 aromatic heterocycles. The number of amides is 1. The summed E-state index contributed by atoms with van der Waals surface area (Å²) in [6.45, 7) is 5.56. The van der Waals surface area contributed by atoms with Crippen LogP contribution in [0.2, 0.25) is 0 Å². The van der Waals surface area contributed by atoms with Crippen LogP contribution in [-0.2, 0) is 4.74 Å². The van der Waals surface area contributed by atoms with Gasteiger partial charge in [-0.15, -0.1) is 5.10 Å². The second kappa shape index (κ2) is 8.46. The van der Waals surface area contributed by atoms with E-state index >= 15 is 0 Å². The van der Waals surface area contributed by atoms with Crippen LogP contribution < -0.4 is 10.6 Å². The molecule has 1 amide bonds. The van der Waals surface area contributed by atoms with Gasteiger partial charge in [0.1, 0.15) is 0 Å². The van der Waals surface area contributed by atoms with Crippen molar-refractivity contribution in [3.8, 4) is 0 Å². The summed E-state index contributed by atoms with van der Waals surface area (Å²) >= 11 is 0. The predicted octanol–water partition coefficient (Wildman–Crippen LogP) is 2.96. The average molecular weight is 356 g/mol. The summed E-state index contributed by atoms with van der Waals surface area (Å²) in [6.07, 6.45) is 2.99. The molecule has 8 heteroatoms. The lowest BCUT2D eigenvalue weighted by molar-refractivity contribution is 0.0983. The van der Waals surface area contributed by atoms with Crippen LogP contribution in [0.3, 0.4) is 0 Å². The van der Waals surface area contributed by atoms with Crippen LogP contribution in [0.1, 0.15) is 25.3 Å². The monoisotopic (exact) mass is 356 g/mol. The molecule has 0 aliphatic carbocycles. The van der Waals surface area contributed by atoms with Gasteiger partial charge < -0.3 is 20.3 Å². The van der Waals surface area contributed by atoms with E-state index in [1.54, 1.807) is 11.1 Å². The van der Waals surface area contributed by atoms with E-state index in [-0.39, 0.29) is 12.1 Å². The fraction of sp³-hybridized carbons (Fsp3) is 0.444. The van der Waals surface area contributed by atoms with Crippen LogP contribution in [0, 0.1) is 6.92 Å². The van der Waals surface area contributed by atoms with Gasteiger partial charge in [-0.2, -0.15) is 10.1 Å². The molecular weight excluding hydrogens is 332 g/mol. The first kappa shape index (κ1) is 17.9. The summed E-state index contributed by atoms with van der Waals surface area (Å²) in [6, 6.07) is 8.20. The number of para-hydroxylation sites is 1. The first-order chi connectivity index (χ1) is 12.7. The third-order valence-corrected chi connectivity index (χ3v) is 4.32. The van der Waals surface area contributed by atoms with Gasteiger partial charge in [0.15, 0.2) is 5.82 Å². The summed E-state index contributed by atoms with van der Waals surface area (Å²) in [4.78, 5) is 18.0. The molecule has 1 saturated heterocycles. The number of aryl methyl sites for hydroxylation is 1. The molecule has 0 spiro atoms. The fourth-order valence-corrected chi connectivity index (χ4v) is 2.88. The SMILES string of the molecule is CCOC(=O)N1CCC(Nc2nncc(Nc3ccccc3C)n2)CC1. The highest BCUT2D eigenvalue weighted by molar-refractivity contribution is 5.67. The number of hydrogen-bond acceptors (Lipinski definition) is 7. The van der Waals surface area contributed by atoms with Crippen LogP contribution in [0.5, 0.6) is 0 Å². The van der Waals surface area contributed by atoms with Crippen LogP contribution in [0.4, 0.5) is 22.2 Å². The quantitative estimate of drug-likeness (QED) is 0.851. The molecule has 1 fully saturated rings. The van der Waals surface area contributed by atoms with Crippen LogP contribution in [0.25, 0.3) is 0 Å². The molecule has 26 heavy (non-hydrogen) atoms. The summed E-state index contributed by atoms with van der Waals surface area (Å²) in [5, 5.41) is 14.7. The van der Waals surface area contributed by atoms with Crippen molar-refractivity contribution < 1.29 is 9.53 Å². The lowest BCUT2D eigenvalue weighted by Crippen LogP contribution is -2.42. The zero-order valence-electron chi connectivity index (χ0n) is 15.1. The van der Waals surface area contributed by atoms with E-state index in [0.717, 1.165) is 24.1 Å². The zero-order valence-corrected chi connectivity index (χ0v) is 15.1. The standard InChI is InChI=1S/C18H24N6O2/c1-3-26-18(25)24-10-8-14(9-11-24)20-17-22-16(12-19-23-17)21-15-7-5-4-6-13(15)2/h4-7,12,14H,3,8-11H2,1-2H3,(H2,20,21,22,23). The fourth-order valence-electron chi connectivity index (χ4n) is 2.88. The topological polar surface area (TPSA) is 92.3 Å². The molecule has 0 saturated carbocycles. The summed E-state index contributed by atoms with van der Waals surface area (Å²) in [5.74, 6) is 1.12. The Labute approximate surface area is 153 Å². The molecule has 2 aromatic rings. The normalized spacial score (nSPS) is 14.8. The van der Waals surface area contributed by atoms with Gasteiger partial charge in [-0.1, -0.05) is 18.2 Å². The number of piperidine rings is 1. The van der Waals surface area contributed by atoms with Gasteiger partial charge in [0, 0.05) is 24.8 Å². The average Bonchev–Trinajstić information content (AvgIpc) is 2.65. The number of nitrogens with zero attached hydrogens (tertiary/aromatic N) is 4. The van der Waals surface area contributed by atoms with Crippen LogP contribution >= 0.6 is 0 Å². The summed E-state index contributed by atoms with van der Waals surface area (Å²) in [5.41, 5.74) is 2.12. The van der Waals surface area contributed by atoms with Crippen molar-refractivity contribution in [2.45, 2.75) is 32.7 Å². The van der Waals surface area contributed by atoms with Gasteiger partial charge in [0.25, 0.3) is 0 Å². The lowest BCUT2D eigenvalue weighted by atomic mass is 10.1. The van der Waals surface area contributed by atoms with Crippen molar-refractivity contribution in [2.75, 3.05) is 30.3 Å². The van der Waals surface area contributed by atoms with Gasteiger partial charge >= 0.3 is 6.09 Å². The lowest BCUT2D eigenvalue weighted by Gasteiger charge is -2.31. The van der Waals surface area contributed by atoms with Crippen LogP contribution in [-0.4, -0.2) is 51.9 Å². The molecule has 0 atom stereocenters. The Morgan fingerprint density at radius 1 is 1.31 bits per heavy atom. The number of rotatable bonds is 5. The highest BCUT2D eigenvalue weighted by Crippen LogP contribution is 2.19. The molecule has 8 nitrogen and oxygen atoms in total. The number of hydrogen-bond donors (Lipinski definition) is 2. The largest absolute Gasteiger partial charge is 0.450 e. The van der Waals surface area contributed by atoms with Gasteiger partial charge in [0.05, 0.1) is 12.8 Å². The van der Waals surface area contributed by atoms with Crippen molar-refractivity contribution in [3.63, 3.8) is 0 Å². The number of nitrogens with one attached hydrogen (secondary N) is 2. The molecule has 0 bridgehead atoms. The Morgan fingerprint density at radius 3 is 2.81 bits per heavy atom. The van der Waals surface area contributed by atoms with Gasteiger partial charge in [-0.3, -0.25) is 0 Å². The first-order valence-corrected chi connectivity index (χ1v) is 8.86. The van der Waals surface area contributed by atoms with E-state index in [9.17, 15) is 4.79 Å². The molecular formula is C18H24N6O2. The Morgan fingerprint density at radius 2 is 2.08 bits per heavy atom. The number of carbonyl (C=O) groups excluding carboxylic acids is 1. The van der Waals surface area contributed by atoms with E-state index in [2.05, 4.69) is 25.8 Å². The van der Waals surface area contributed by atoms with E-state index in [4.69, 9.17) is 4.74 Å². The number of benzene rings is 1. The highest BCUT2D eigenvalue weighted by Gasteiger charge is 2.24. The zero-order chi connectivity index (χ0) is 18.4. The number of likely N-dealkylation sites (tertiary alicyclic amines) is 1. The maximum Gasteiger partial charge on any atom is 0.409 e. The van der Waals surface area contributed by atoms with E-state index in [0.29, 0.717) is 31.5 Å². The molecule has 3 rings (SSSR count). The van der Waals surface area contributed by atoms with Crippen molar-refractivity contribution in [3.05, 3.63) is 36.0 Å². The number of anilines is 3. The minimum atomic E-state index is -0.242. The Hall–Kier alpha value is -2.90. The minimum absolute atomic E-state index is 0.205. The number of aromatic nitrogens is 3. The molecule has 1 aromatic carbocycles. The summed E-state index contributed by atoms with van der Waals surface area (Å²) in [7, 11) is 0. The molecule has 2 heterocycles. The van der Waals surface area contributed by atoms with E-state index in [1.807, 2.05) is 38.1 Å². The second-order valence-electron chi connectivity index (χ2n) is 6.21. The van der Waals surface area contributed by atoms with Crippen molar-refractivity contribution in [2.24, 2.45) is 0 Å². The van der Waals surface area contributed by atoms with E-state index in [1.165, 1.54) is 0 Å².